The molecule has 1 aliphatic rings. The number of aromatic nitrogens is 2. The molecule has 0 aromatic carbocycles. The smallest absolute Gasteiger partial charge is 0.298 e. The van der Waals surface area contributed by atoms with Crippen molar-refractivity contribution in [3.05, 3.63) is 33.1 Å². The van der Waals surface area contributed by atoms with E-state index in [0.29, 0.717) is 13.2 Å². The van der Waals surface area contributed by atoms with Crippen LogP contribution in [-0.2, 0) is 16.3 Å². The van der Waals surface area contributed by atoms with Crippen molar-refractivity contribution in [3.63, 3.8) is 0 Å². The third kappa shape index (κ3) is 1.91. The van der Waals surface area contributed by atoms with E-state index in [-0.39, 0.29) is 6.10 Å². The highest BCUT2D eigenvalue weighted by Gasteiger charge is 2.18. The van der Waals surface area contributed by atoms with Gasteiger partial charge in [-0.2, -0.15) is 0 Å². The van der Waals surface area contributed by atoms with Crippen LogP contribution < -0.4 is 11.2 Å². The van der Waals surface area contributed by atoms with Gasteiger partial charge < -0.3 is 0 Å². The van der Waals surface area contributed by atoms with Crippen molar-refractivity contribution in [3.8, 4) is 0 Å². The average molecular weight is 198 g/mol. The molecule has 1 N–H and O–H groups in total. The van der Waals surface area contributed by atoms with Gasteiger partial charge in [-0.15, -0.1) is 0 Å². The summed E-state index contributed by atoms with van der Waals surface area (Å²) in [5.41, 5.74) is -0.817. The Hall–Kier alpha value is -1.40. The van der Waals surface area contributed by atoms with Gasteiger partial charge in [0.15, 0.2) is 0 Å². The number of hydrogen-bond donors (Lipinski definition) is 1. The van der Waals surface area contributed by atoms with Crippen molar-refractivity contribution in [2.45, 2.75) is 19.1 Å². The Morgan fingerprint density at radius 3 is 3.07 bits per heavy atom. The zero-order valence-electron chi connectivity index (χ0n) is 7.43. The minimum Gasteiger partial charge on any atom is -0.298 e. The molecular formula is C8H10N2O4. The molecule has 6 heteroatoms. The summed E-state index contributed by atoms with van der Waals surface area (Å²) in [6.07, 6.45) is 2.09. The van der Waals surface area contributed by atoms with Gasteiger partial charge in [-0.05, 0) is 0 Å². The first-order chi connectivity index (χ1) is 6.75. The molecule has 1 aliphatic heterocycles. The lowest BCUT2D eigenvalue weighted by molar-refractivity contribution is -0.276. The Morgan fingerprint density at radius 2 is 2.43 bits per heavy atom. The lowest BCUT2D eigenvalue weighted by atomic mass is 10.3. The fourth-order valence-electron chi connectivity index (χ4n) is 1.30. The van der Waals surface area contributed by atoms with Crippen LogP contribution in [0, 0.1) is 0 Å². The molecule has 1 aromatic heterocycles. The van der Waals surface area contributed by atoms with Crippen LogP contribution in [0.5, 0.6) is 0 Å². The van der Waals surface area contributed by atoms with Crippen LogP contribution in [0.25, 0.3) is 0 Å². The zero-order chi connectivity index (χ0) is 9.97. The summed E-state index contributed by atoms with van der Waals surface area (Å²) in [7, 11) is 0. The molecule has 0 aliphatic carbocycles. The van der Waals surface area contributed by atoms with E-state index in [1.54, 1.807) is 0 Å². The zero-order valence-corrected chi connectivity index (χ0v) is 7.43. The minimum atomic E-state index is -0.423. The van der Waals surface area contributed by atoms with E-state index in [2.05, 4.69) is 4.98 Å². The first-order valence-corrected chi connectivity index (χ1v) is 4.34. The molecule has 0 spiro atoms. The van der Waals surface area contributed by atoms with Gasteiger partial charge in [-0.1, -0.05) is 0 Å². The molecule has 0 saturated carbocycles. The van der Waals surface area contributed by atoms with Crippen LogP contribution in [0.2, 0.25) is 0 Å². The van der Waals surface area contributed by atoms with Crippen molar-refractivity contribution in [2.75, 3.05) is 6.61 Å². The van der Waals surface area contributed by atoms with Crippen LogP contribution in [0.3, 0.4) is 0 Å². The lowest BCUT2D eigenvalue weighted by Crippen LogP contribution is -2.31. The van der Waals surface area contributed by atoms with Crippen molar-refractivity contribution in [1.29, 1.82) is 0 Å². The van der Waals surface area contributed by atoms with E-state index < -0.39 is 11.2 Å². The summed E-state index contributed by atoms with van der Waals surface area (Å²) in [5, 5.41) is 0. The molecule has 1 fully saturated rings. The van der Waals surface area contributed by atoms with Crippen molar-refractivity contribution >= 4 is 0 Å². The third-order valence-corrected chi connectivity index (χ3v) is 2.02. The first-order valence-electron chi connectivity index (χ1n) is 4.34. The van der Waals surface area contributed by atoms with Crippen LogP contribution in [0.4, 0.5) is 0 Å². The Labute approximate surface area is 79.0 Å². The molecule has 0 radical (unpaired) electrons. The molecule has 0 amide bonds. The largest absolute Gasteiger partial charge is 0.328 e. The van der Waals surface area contributed by atoms with E-state index in [1.807, 2.05) is 0 Å². The van der Waals surface area contributed by atoms with E-state index >= 15 is 0 Å². The van der Waals surface area contributed by atoms with Crippen molar-refractivity contribution < 1.29 is 9.78 Å². The van der Waals surface area contributed by atoms with E-state index in [4.69, 9.17) is 9.78 Å². The number of nitrogens with one attached hydrogen (secondary N) is 1. The third-order valence-electron chi connectivity index (χ3n) is 2.02. The summed E-state index contributed by atoms with van der Waals surface area (Å²) in [4.78, 5) is 33.8. The normalized spacial score (nSPS) is 21.3. The molecular weight excluding hydrogens is 188 g/mol. The van der Waals surface area contributed by atoms with Crippen LogP contribution >= 0.6 is 0 Å². The molecule has 14 heavy (non-hydrogen) atoms. The molecule has 1 saturated heterocycles. The van der Waals surface area contributed by atoms with E-state index in [9.17, 15) is 9.59 Å². The second-order valence-corrected chi connectivity index (χ2v) is 3.09. The monoisotopic (exact) mass is 198 g/mol. The highest BCUT2D eigenvalue weighted by Crippen LogP contribution is 2.09. The Morgan fingerprint density at radius 1 is 1.57 bits per heavy atom. The average Bonchev–Trinajstić information content (AvgIpc) is 2.62. The second-order valence-electron chi connectivity index (χ2n) is 3.09. The highest BCUT2D eigenvalue weighted by molar-refractivity contribution is 4.83. The molecule has 2 heterocycles. The molecule has 1 unspecified atom stereocenters. The van der Waals surface area contributed by atoms with Gasteiger partial charge in [0.2, 0.25) is 0 Å². The number of hydrogen-bond acceptors (Lipinski definition) is 4. The number of H-pyrrole nitrogens is 1. The van der Waals surface area contributed by atoms with Crippen molar-refractivity contribution in [1.82, 2.24) is 9.55 Å². The fraction of sp³-hybridized carbons (Fsp3) is 0.500. The SMILES string of the molecule is O=c1ccn(CC2CCOO2)c(=O)[nH]1. The summed E-state index contributed by atoms with van der Waals surface area (Å²) < 4.78 is 1.39. The van der Waals surface area contributed by atoms with E-state index in [0.717, 1.165) is 6.42 Å². The number of nitrogens with zero attached hydrogens (tertiary/aromatic N) is 1. The maximum atomic E-state index is 11.2. The topological polar surface area (TPSA) is 73.3 Å². The molecule has 1 atom stereocenters. The Balaban J connectivity index is 2.16. The van der Waals surface area contributed by atoms with Gasteiger partial charge in [0.05, 0.1) is 13.2 Å². The lowest BCUT2D eigenvalue weighted by Gasteiger charge is -2.07. The fourth-order valence-corrected chi connectivity index (χ4v) is 1.30. The summed E-state index contributed by atoms with van der Waals surface area (Å²) >= 11 is 0. The molecule has 6 nitrogen and oxygen atoms in total. The summed E-state index contributed by atoms with van der Waals surface area (Å²) in [6.45, 7) is 0.943. The Kier molecular flexibility index (Phi) is 2.47. The quantitative estimate of drug-likeness (QED) is 0.635. The molecule has 2 rings (SSSR count). The number of rotatable bonds is 2. The standard InChI is InChI=1S/C8H10N2O4/c11-7-1-3-10(8(12)9-7)5-6-2-4-13-14-6/h1,3,6H,2,4-5H2,(H,9,11,12). The maximum Gasteiger partial charge on any atom is 0.328 e. The van der Waals surface area contributed by atoms with E-state index in [1.165, 1.54) is 16.8 Å². The summed E-state index contributed by atoms with van der Waals surface area (Å²) in [5.74, 6) is 0. The van der Waals surface area contributed by atoms with Gasteiger partial charge in [0.25, 0.3) is 5.56 Å². The second kappa shape index (κ2) is 3.77. The molecule has 76 valence electrons. The first kappa shape index (κ1) is 9.17. The van der Waals surface area contributed by atoms with Gasteiger partial charge in [0.1, 0.15) is 6.10 Å². The molecule has 1 aromatic rings. The van der Waals surface area contributed by atoms with Gasteiger partial charge in [-0.25, -0.2) is 14.6 Å². The summed E-state index contributed by atoms with van der Waals surface area (Å²) in [6, 6.07) is 1.30. The minimum absolute atomic E-state index is 0.112. The van der Waals surface area contributed by atoms with Crippen LogP contribution in [0.15, 0.2) is 21.9 Å². The predicted octanol–water partition coefficient (Wildman–Crippen LogP) is -0.743. The van der Waals surface area contributed by atoms with Crippen LogP contribution in [-0.4, -0.2) is 22.3 Å². The van der Waals surface area contributed by atoms with Gasteiger partial charge >= 0.3 is 5.69 Å². The van der Waals surface area contributed by atoms with Gasteiger partial charge in [0, 0.05) is 18.7 Å². The predicted molar refractivity (Wildman–Crippen MR) is 46.8 cm³/mol. The maximum absolute atomic E-state index is 11.2. The van der Waals surface area contributed by atoms with Gasteiger partial charge in [-0.3, -0.25) is 14.3 Å². The van der Waals surface area contributed by atoms with Crippen LogP contribution in [0.1, 0.15) is 6.42 Å². The molecule has 0 bridgehead atoms. The number of aromatic amines is 1. The highest BCUT2D eigenvalue weighted by atomic mass is 17.2. The Bertz CT molecular complexity index is 416. The van der Waals surface area contributed by atoms with Crippen molar-refractivity contribution in [2.24, 2.45) is 0 Å².